The monoisotopic (exact) mass is 288 g/mol. The smallest absolute Gasteiger partial charge is 0.191 e. The quantitative estimate of drug-likeness (QED) is 0.548. The second-order valence-corrected chi connectivity index (χ2v) is 4.59. The lowest BCUT2D eigenvalue weighted by atomic mass is 10.0. The van der Waals surface area contributed by atoms with Crippen LogP contribution in [0.25, 0.3) is 0 Å². The van der Waals surface area contributed by atoms with Gasteiger partial charge in [-0.2, -0.15) is 0 Å². The molecule has 21 heavy (non-hydrogen) atoms. The number of nitrogens with zero attached hydrogens (tertiary/aromatic N) is 2. The van der Waals surface area contributed by atoms with Crippen LogP contribution < -0.4 is 10.6 Å². The Morgan fingerprint density at radius 2 is 2.10 bits per heavy atom. The number of rotatable bonds is 6. The predicted octanol–water partition coefficient (Wildman–Crippen LogP) is 1.12. The Bertz CT molecular complexity index is 540. The summed E-state index contributed by atoms with van der Waals surface area (Å²) >= 11 is 0. The van der Waals surface area contributed by atoms with Crippen molar-refractivity contribution in [2.45, 2.75) is 12.5 Å². The van der Waals surface area contributed by atoms with Crippen LogP contribution >= 0.6 is 0 Å². The van der Waals surface area contributed by atoms with Gasteiger partial charge in [0.25, 0.3) is 0 Å². The minimum atomic E-state index is 0.0248. The fraction of sp³-hybridized carbons (Fsp3) is 0.333. The van der Waals surface area contributed by atoms with Crippen LogP contribution in [0.1, 0.15) is 17.2 Å². The van der Waals surface area contributed by atoms with Crippen molar-refractivity contribution in [1.82, 2.24) is 15.8 Å². The van der Waals surface area contributed by atoms with Crippen molar-refractivity contribution in [3.05, 3.63) is 53.9 Å². The summed E-state index contributed by atoms with van der Waals surface area (Å²) in [5.41, 5.74) is 1.90. The number of guanidine groups is 1. The molecular formula is C15H20N4O2. The summed E-state index contributed by atoms with van der Waals surface area (Å²) in [7, 11) is 1.70. The maximum absolute atomic E-state index is 9.52. The third-order valence-electron chi connectivity index (χ3n) is 3.16. The molecule has 1 unspecified atom stereocenters. The maximum Gasteiger partial charge on any atom is 0.191 e. The van der Waals surface area contributed by atoms with E-state index in [1.54, 1.807) is 13.1 Å². The summed E-state index contributed by atoms with van der Waals surface area (Å²) in [5, 5.41) is 19.7. The first-order valence-corrected chi connectivity index (χ1v) is 6.83. The van der Waals surface area contributed by atoms with Crippen LogP contribution in [-0.2, 0) is 6.54 Å². The van der Waals surface area contributed by atoms with E-state index in [0.29, 0.717) is 19.0 Å². The third kappa shape index (κ3) is 4.61. The van der Waals surface area contributed by atoms with Crippen molar-refractivity contribution >= 4 is 5.96 Å². The zero-order chi connectivity index (χ0) is 14.9. The van der Waals surface area contributed by atoms with Gasteiger partial charge in [-0.1, -0.05) is 35.5 Å². The highest BCUT2D eigenvalue weighted by Crippen LogP contribution is 2.13. The summed E-state index contributed by atoms with van der Waals surface area (Å²) in [4.78, 5) is 4.14. The molecule has 0 amide bonds. The molecule has 3 N–H and O–H groups in total. The molecule has 0 spiro atoms. The summed E-state index contributed by atoms with van der Waals surface area (Å²) in [6.45, 7) is 1.21. The molecule has 1 atom stereocenters. The molecule has 1 heterocycles. The lowest BCUT2D eigenvalue weighted by molar-refractivity contribution is 0.265. The number of aromatic nitrogens is 1. The molecule has 0 aliphatic carbocycles. The number of nitrogens with one attached hydrogen (secondary N) is 2. The molecule has 6 heteroatoms. The number of aliphatic hydroxyl groups excluding tert-OH is 1. The van der Waals surface area contributed by atoms with Gasteiger partial charge in [-0.05, 0) is 5.56 Å². The molecule has 0 aliphatic heterocycles. The predicted molar refractivity (Wildman–Crippen MR) is 81.0 cm³/mol. The Labute approximate surface area is 123 Å². The molecular weight excluding hydrogens is 268 g/mol. The summed E-state index contributed by atoms with van der Waals surface area (Å²) in [6, 6.07) is 11.7. The first kappa shape index (κ1) is 15.1. The average molecular weight is 288 g/mol. The highest BCUT2D eigenvalue weighted by atomic mass is 16.5. The topological polar surface area (TPSA) is 82.7 Å². The highest BCUT2D eigenvalue weighted by molar-refractivity contribution is 5.79. The number of hydrogen-bond donors (Lipinski definition) is 3. The zero-order valence-electron chi connectivity index (χ0n) is 12.0. The standard InChI is InChI=1S/C15H20N4O2/c1-16-15(18-10-14-7-8-21-19-14)17-9-13(11-20)12-5-3-2-4-6-12/h2-8,13,20H,9-11H2,1H3,(H2,16,17,18). The lowest BCUT2D eigenvalue weighted by Gasteiger charge is -2.17. The van der Waals surface area contributed by atoms with E-state index in [1.807, 2.05) is 30.3 Å². The van der Waals surface area contributed by atoms with Crippen LogP contribution in [-0.4, -0.2) is 36.4 Å². The van der Waals surface area contributed by atoms with Crippen LogP contribution in [0.15, 0.2) is 52.2 Å². The van der Waals surface area contributed by atoms with Crippen molar-refractivity contribution in [2.24, 2.45) is 4.99 Å². The SMILES string of the molecule is CN=C(NCc1ccon1)NCC(CO)c1ccccc1. The second-order valence-electron chi connectivity index (χ2n) is 4.59. The van der Waals surface area contributed by atoms with E-state index in [9.17, 15) is 5.11 Å². The molecule has 2 rings (SSSR count). The van der Waals surface area contributed by atoms with Crippen molar-refractivity contribution in [1.29, 1.82) is 0 Å². The van der Waals surface area contributed by atoms with E-state index < -0.39 is 0 Å². The third-order valence-corrected chi connectivity index (χ3v) is 3.16. The normalized spacial score (nSPS) is 13.0. The van der Waals surface area contributed by atoms with E-state index in [2.05, 4.69) is 20.8 Å². The summed E-state index contributed by atoms with van der Waals surface area (Å²) in [5.74, 6) is 0.684. The van der Waals surface area contributed by atoms with Gasteiger partial charge in [-0.15, -0.1) is 0 Å². The Morgan fingerprint density at radius 1 is 1.29 bits per heavy atom. The lowest BCUT2D eigenvalue weighted by Crippen LogP contribution is -2.39. The minimum Gasteiger partial charge on any atom is -0.396 e. The average Bonchev–Trinajstić information content (AvgIpc) is 3.05. The molecule has 6 nitrogen and oxygen atoms in total. The van der Waals surface area contributed by atoms with Gasteiger partial charge >= 0.3 is 0 Å². The molecule has 0 aliphatic rings. The number of hydrogen-bond acceptors (Lipinski definition) is 4. The van der Waals surface area contributed by atoms with Crippen molar-refractivity contribution in [2.75, 3.05) is 20.2 Å². The van der Waals surface area contributed by atoms with Crippen LogP contribution in [0.3, 0.4) is 0 Å². The van der Waals surface area contributed by atoms with Gasteiger partial charge in [0, 0.05) is 25.6 Å². The molecule has 1 aromatic heterocycles. The first-order valence-electron chi connectivity index (χ1n) is 6.83. The van der Waals surface area contributed by atoms with Gasteiger partial charge in [0.2, 0.25) is 0 Å². The molecule has 112 valence electrons. The van der Waals surface area contributed by atoms with Gasteiger partial charge in [-0.3, -0.25) is 4.99 Å². The van der Waals surface area contributed by atoms with Gasteiger partial charge in [-0.25, -0.2) is 0 Å². The molecule has 0 fully saturated rings. The number of benzene rings is 1. The fourth-order valence-electron chi connectivity index (χ4n) is 1.96. The maximum atomic E-state index is 9.52. The van der Waals surface area contributed by atoms with Crippen LogP contribution in [0.5, 0.6) is 0 Å². The van der Waals surface area contributed by atoms with Crippen molar-refractivity contribution < 1.29 is 9.63 Å². The molecule has 2 aromatic rings. The van der Waals surface area contributed by atoms with E-state index in [-0.39, 0.29) is 12.5 Å². The van der Waals surface area contributed by atoms with Crippen molar-refractivity contribution in [3.8, 4) is 0 Å². The minimum absolute atomic E-state index is 0.0248. The highest BCUT2D eigenvalue weighted by Gasteiger charge is 2.10. The van der Waals surface area contributed by atoms with E-state index in [0.717, 1.165) is 11.3 Å². The molecule has 0 saturated heterocycles. The Balaban J connectivity index is 1.84. The van der Waals surface area contributed by atoms with Gasteiger partial charge < -0.3 is 20.3 Å². The van der Waals surface area contributed by atoms with Crippen molar-refractivity contribution in [3.63, 3.8) is 0 Å². The van der Waals surface area contributed by atoms with Crippen LogP contribution in [0.4, 0.5) is 0 Å². The van der Waals surface area contributed by atoms with E-state index in [1.165, 1.54) is 6.26 Å². The Morgan fingerprint density at radius 3 is 2.71 bits per heavy atom. The summed E-state index contributed by atoms with van der Waals surface area (Å²) < 4.78 is 4.77. The molecule has 0 radical (unpaired) electrons. The van der Waals surface area contributed by atoms with E-state index >= 15 is 0 Å². The van der Waals surface area contributed by atoms with Gasteiger partial charge in [0.05, 0.1) is 13.2 Å². The number of aliphatic imine (C=N–C) groups is 1. The van der Waals surface area contributed by atoms with Crippen LogP contribution in [0, 0.1) is 0 Å². The first-order chi connectivity index (χ1) is 10.3. The van der Waals surface area contributed by atoms with Gasteiger partial charge in [0.15, 0.2) is 5.96 Å². The zero-order valence-corrected chi connectivity index (χ0v) is 12.0. The largest absolute Gasteiger partial charge is 0.396 e. The van der Waals surface area contributed by atoms with Crippen LogP contribution in [0.2, 0.25) is 0 Å². The molecule has 0 bridgehead atoms. The Kier molecular flexibility index (Phi) is 5.78. The number of aliphatic hydroxyl groups is 1. The summed E-state index contributed by atoms with van der Waals surface area (Å²) in [6.07, 6.45) is 1.53. The fourth-order valence-corrected chi connectivity index (χ4v) is 1.96. The molecule has 0 saturated carbocycles. The Hall–Kier alpha value is -2.34. The molecule has 1 aromatic carbocycles. The van der Waals surface area contributed by atoms with E-state index in [4.69, 9.17) is 4.52 Å². The second kappa shape index (κ2) is 8.06. The van der Waals surface area contributed by atoms with Gasteiger partial charge in [0.1, 0.15) is 12.0 Å².